The summed E-state index contributed by atoms with van der Waals surface area (Å²) in [5.41, 5.74) is -0.526. The minimum atomic E-state index is -1.25. The third kappa shape index (κ3) is 3.69. The van der Waals surface area contributed by atoms with Crippen LogP contribution in [-0.2, 0) is 6.42 Å². The van der Waals surface area contributed by atoms with E-state index in [1.165, 1.54) is 18.2 Å². The van der Waals surface area contributed by atoms with Crippen molar-refractivity contribution in [3.8, 4) is 0 Å². The predicted octanol–water partition coefficient (Wildman–Crippen LogP) is 1.52. The van der Waals surface area contributed by atoms with Gasteiger partial charge in [0.1, 0.15) is 5.82 Å². The van der Waals surface area contributed by atoms with E-state index in [-0.39, 0.29) is 12.0 Å². The fourth-order valence-corrected chi connectivity index (χ4v) is 2.23. The molecule has 0 spiro atoms. The highest BCUT2D eigenvalue weighted by atomic mass is 19.1. The normalized spacial score (nSPS) is 11.2. The van der Waals surface area contributed by atoms with Crippen molar-refractivity contribution >= 4 is 5.91 Å². The first-order valence-electron chi connectivity index (χ1n) is 6.93. The molecule has 0 bridgehead atoms. The first-order chi connectivity index (χ1) is 10.6. The lowest BCUT2D eigenvalue weighted by Crippen LogP contribution is -2.56. The number of amides is 1. The number of aliphatic hydroxyl groups excluding tert-OH is 2. The quantitative estimate of drug-likeness (QED) is 0.758. The Labute approximate surface area is 128 Å². The first kappa shape index (κ1) is 16.1. The molecule has 116 valence electrons. The lowest BCUT2D eigenvalue weighted by Gasteiger charge is -2.31. The Morgan fingerprint density at radius 2 is 1.59 bits per heavy atom. The van der Waals surface area contributed by atoms with Gasteiger partial charge in [0.2, 0.25) is 0 Å². The van der Waals surface area contributed by atoms with Gasteiger partial charge >= 0.3 is 0 Å². The van der Waals surface area contributed by atoms with Crippen LogP contribution in [0.5, 0.6) is 0 Å². The maximum absolute atomic E-state index is 13.7. The third-order valence-electron chi connectivity index (χ3n) is 3.49. The lowest BCUT2D eigenvalue weighted by molar-refractivity contribution is 0.0664. The summed E-state index contributed by atoms with van der Waals surface area (Å²) in [4.78, 5) is 12.2. The Kier molecular flexibility index (Phi) is 5.25. The van der Waals surface area contributed by atoms with Crippen LogP contribution in [0.2, 0.25) is 0 Å². The molecule has 5 heteroatoms. The Balaban J connectivity index is 2.21. The molecule has 0 aliphatic carbocycles. The average Bonchev–Trinajstić information content (AvgIpc) is 2.55. The Hall–Kier alpha value is -2.24. The summed E-state index contributed by atoms with van der Waals surface area (Å²) in [5.74, 6) is -1.32. The number of halogens is 1. The highest BCUT2D eigenvalue weighted by Gasteiger charge is 2.32. The molecule has 2 aromatic rings. The van der Waals surface area contributed by atoms with Gasteiger partial charge in [0.05, 0.1) is 24.3 Å². The van der Waals surface area contributed by atoms with Gasteiger partial charge in [-0.2, -0.15) is 0 Å². The largest absolute Gasteiger partial charge is 0.394 e. The molecule has 0 aliphatic rings. The van der Waals surface area contributed by atoms with Crippen molar-refractivity contribution in [3.63, 3.8) is 0 Å². The lowest BCUT2D eigenvalue weighted by atomic mass is 9.91. The number of aliphatic hydroxyl groups is 2. The van der Waals surface area contributed by atoms with Crippen molar-refractivity contribution in [2.24, 2.45) is 0 Å². The van der Waals surface area contributed by atoms with E-state index in [0.29, 0.717) is 0 Å². The topological polar surface area (TPSA) is 69.6 Å². The van der Waals surface area contributed by atoms with Crippen LogP contribution in [0.3, 0.4) is 0 Å². The van der Waals surface area contributed by atoms with Gasteiger partial charge in [-0.15, -0.1) is 0 Å². The van der Waals surface area contributed by atoms with E-state index < -0.39 is 30.5 Å². The highest BCUT2D eigenvalue weighted by Crippen LogP contribution is 2.15. The van der Waals surface area contributed by atoms with Gasteiger partial charge in [-0.1, -0.05) is 42.5 Å². The zero-order chi connectivity index (χ0) is 16.0. The monoisotopic (exact) mass is 303 g/mol. The summed E-state index contributed by atoms with van der Waals surface area (Å²) in [7, 11) is 0. The molecular weight excluding hydrogens is 285 g/mol. The number of benzene rings is 2. The number of nitrogens with one attached hydrogen (secondary N) is 1. The van der Waals surface area contributed by atoms with Gasteiger partial charge in [0, 0.05) is 6.42 Å². The number of hydrogen-bond acceptors (Lipinski definition) is 3. The van der Waals surface area contributed by atoms with Crippen LogP contribution in [0.1, 0.15) is 15.9 Å². The Bertz CT molecular complexity index is 627. The van der Waals surface area contributed by atoms with E-state index in [2.05, 4.69) is 5.32 Å². The molecule has 0 fully saturated rings. The van der Waals surface area contributed by atoms with Crippen molar-refractivity contribution in [2.45, 2.75) is 12.0 Å². The number of carbonyl (C=O) groups is 1. The maximum Gasteiger partial charge on any atom is 0.254 e. The molecule has 0 radical (unpaired) electrons. The summed E-state index contributed by atoms with van der Waals surface area (Å²) >= 11 is 0. The second-order valence-corrected chi connectivity index (χ2v) is 5.19. The zero-order valence-corrected chi connectivity index (χ0v) is 12.0. The average molecular weight is 303 g/mol. The van der Waals surface area contributed by atoms with Crippen molar-refractivity contribution < 1.29 is 19.4 Å². The SMILES string of the molecule is O=C(NC(CO)(CO)Cc1ccccc1)c1ccccc1F. The van der Waals surface area contributed by atoms with E-state index in [4.69, 9.17) is 0 Å². The standard InChI is InChI=1S/C17H18FNO3/c18-15-9-5-4-8-14(15)16(22)19-17(11-20,12-21)10-13-6-2-1-3-7-13/h1-9,20-21H,10-12H2,(H,19,22). The van der Waals surface area contributed by atoms with Crippen LogP contribution in [0.4, 0.5) is 4.39 Å². The van der Waals surface area contributed by atoms with Crippen LogP contribution >= 0.6 is 0 Å². The molecule has 0 aromatic heterocycles. The molecule has 0 saturated carbocycles. The molecule has 3 N–H and O–H groups in total. The molecule has 2 rings (SSSR count). The Morgan fingerprint density at radius 3 is 2.18 bits per heavy atom. The summed E-state index contributed by atoms with van der Waals surface area (Å²) in [6, 6.07) is 14.7. The second kappa shape index (κ2) is 7.15. The van der Waals surface area contributed by atoms with Gasteiger partial charge in [-0.05, 0) is 17.7 Å². The van der Waals surface area contributed by atoms with Gasteiger partial charge in [0.25, 0.3) is 5.91 Å². The fourth-order valence-electron chi connectivity index (χ4n) is 2.23. The molecule has 2 aromatic carbocycles. The van der Waals surface area contributed by atoms with Gasteiger partial charge in [0.15, 0.2) is 0 Å². The fraction of sp³-hybridized carbons (Fsp3) is 0.235. The molecule has 0 saturated heterocycles. The second-order valence-electron chi connectivity index (χ2n) is 5.19. The Morgan fingerprint density at radius 1 is 1.00 bits per heavy atom. The van der Waals surface area contributed by atoms with Crippen LogP contribution < -0.4 is 5.32 Å². The minimum absolute atomic E-state index is 0.123. The molecule has 1 amide bonds. The van der Waals surface area contributed by atoms with Crippen molar-refractivity contribution in [2.75, 3.05) is 13.2 Å². The number of hydrogen-bond donors (Lipinski definition) is 3. The summed E-state index contributed by atoms with van der Waals surface area (Å²) in [6.07, 6.45) is 0.237. The molecular formula is C17H18FNO3. The van der Waals surface area contributed by atoms with Crippen molar-refractivity contribution in [3.05, 3.63) is 71.5 Å². The van der Waals surface area contributed by atoms with Crippen molar-refractivity contribution in [1.29, 1.82) is 0 Å². The summed E-state index contributed by atoms with van der Waals surface area (Å²) in [5, 5.41) is 21.8. The van der Waals surface area contributed by atoms with Crippen LogP contribution in [-0.4, -0.2) is 34.9 Å². The predicted molar refractivity (Wildman–Crippen MR) is 80.9 cm³/mol. The molecule has 22 heavy (non-hydrogen) atoms. The van der Waals surface area contributed by atoms with Crippen LogP contribution in [0.25, 0.3) is 0 Å². The van der Waals surface area contributed by atoms with E-state index in [1.807, 2.05) is 30.3 Å². The van der Waals surface area contributed by atoms with Crippen LogP contribution in [0.15, 0.2) is 54.6 Å². The van der Waals surface area contributed by atoms with Crippen molar-refractivity contribution in [1.82, 2.24) is 5.32 Å². The summed E-state index contributed by atoms with van der Waals surface area (Å²) in [6.45, 7) is -0.919. The number of rotatable bonds is 6. The van der Waals surface area contributed by atoms with E-state index in [1.54, 1.807) is 6.07 Å². The maximum atomic E-state index is 13.7. The zero-order valence-electron chi connectivity index (χ0n) is 12.0. The van der Waals surface area contributed by atoms with E-state index in [9.17, 15) is 19.4 Å². The van der Waals surface area contributed by atoms with Gasteiger partial charge in [-0.3, -0.25) is 4.79 Å². The smallest absolute Gasteiger partial charge is 0.254 e. The molecule has 4 nitrogen and oxygen atoms in total. The van der Waals surface area contributed by atoms with Gasteiger partial charge in [-0.25, -0.2) is 4.39 Å². The number of carbonyl (C=O) groups excluding carboxylic acids is 1. The molecule has 0 aliphatic heterocycles. The molecule has 0 atom stereocenters. The van der Waals surface area contributed by atoms with E-state index >= 15 is 0 Å². The molecule has 0 heterocycles. The van der Waals surface area contributed by atoms with Crippen LogP contribution in [0, 0.1) is 5.82 Å². The minimum Gasteiger partial charge on any atom is -0.394 e. The first-order valence-corrected chi connectivity index (χ1v) is 6.93. The van der Waals surface area contributed by atoms with E-state index in [0.717, 1.165) is 5.56 Å². The highest BCUT2D eigenvalue weighted by molar-refractivity contribution is 5.95. The third-order valence-corrected chi connectivity index (χ3v) is 3.49. The van der Waals surface area contributed by atoms with Gasteiger partial charge < -0.3 is 15.5 Å². The molecule has 0 unspecified atom stereocenters. The summed E-state index contributed by atoms with van der Waals surface area (Å²) < 4.78 is 13.7.